The van der Waals surface area contributed by atoms with Gasteiger partial charge in [-0.2, -0.15) is 5.10 Å². The maximum Gasteiger partial charge on any atom is 0.246 e. The van der Waals surface area contributed by atoms with Crippen LogP contribution in [0.2, 0.25) is 0 Å². The number of likely N-dealkylation sites (N-methyl/N-ethyl adjacent to an activating group) is 1. The van der Waals surface area contributed by atoms with E-state index in [0.29, 0.717) is 35.9 Å². The molecule has 0 unspecified atom stereocenters. The molecule has 0 fully saturated rings. The Morgan fingerprint density at radius 1 is 1.17 bits per heavy atom. The SMILES string of the molecule is COc1ccc(CCN(C)S(=O)(=O)c2c(C)n[nH]c2C)cc1OC. The Morgan fingerprint density at radius 3 is 2.38 bits per heavy atom. The van der Waals surface area contributed by atoms with Crippen molar-refractivity contribution in [1.29, 1.82) is 0 Å². The van der Waals surface area contributed by atoms with Crippen molar-refractivity contribution >= 4 is 10.0 Å². The minimum atomic E-state index is -3.57. The van der Waals surface area contributed by atoms with Crippen molar-refractivity contribution in [3.8, 4) is 11.5 Å². The minimum Gasteiger partial charge on any atom is -0.493 e. The quantitative estimate of drug-likeness (QED) is 0.822. The molecule has 0 aliphatic carbocycles. The highest BCUT2D eigenvalue weighted by atomic mass is 32.2. The van der Waals surface area contributed by atoms with Crippen LogP contribution in [0.5, 0.6) is 11.5 Å². The number of hydrogen-bond acceptors (Lipinski definition) is 5. The minimum absolute atomic E-state index is 0.248. The normalized spacial score (nSPS) is 11.8. The van der Waals surface area contributed by atoms with Crippen LogP contribution in [-0.4, -0.2) is 50.7 Å². The molecular formula is C16H23N3O4S. The summed E-state index contributed by atoms with van der Waals surface area (Å²) in [6, 6.07) is 5.57. The molecule has 0 radical (unpaired) electrons. The molecule has 132 valence electrons. The maximum absolute atomic E-state index is 12.7. The third-order valence-electron chi connectivity index (χ3n) is 3.89. The first kappa shape index (κ1) is 18.3. The van der Waals surface area contributed by atoms with E-state index in [1.54, 1.807) is 35.1 Å². The fourth-order valence-corrected chi connectivity index (χ4v) is 4.01. The first-order valence-corrected chi connectivity index (χ1v) is 8.94. The summed E-state index contributed by atoms with van der Waals surface area (Å²) in [5.41, 5.74) is 1.99. The average Bonchev–Trinajstić information content (AvgIpc) is 2.91. The van der Waals surface area contributed by atoms with E-state index in [-0.39, 0.29) is 4.90 Å². The van der Waals surface area contributed by atoms with E-state index in [0.717, 1.165) is 5.56 Å². The molecule has 0 aliphatic rings. The number of nitrogens with zero attached hydrogens (tertiary/aromatic N) is 2. The largest absolute Gasteiger partial charge is 0.493 e. The van der Waals surface area contributed by atoms with Crippen LogP contribution in [0.15, 0.2) is 23.1 Å². The van der Waals surface area contributed by atoms with Crippen molar-refractivity contribution in [2.24, 2.45) is 0 Å². The number of rotatable bonds is 7. The van der Waals surface area contributed by atoms with Crippen LogP contribution < -0.4 is 9.47 Å². The second-order valence-electron chi connectivity index (χ2n) is 5.53. The lowest BCUT2D eigenvalue weighted by Gasteiger charge is -2.18. The summed E-state index contributed by atoms with van der Waals surface area (Å²) in [7, 11) is 1.15. The zero-order chi connectivity index (χ0) is 17.9. The number of nitrogens with one attached hydrogen (secondary N) is 1. The predicted octanol–water partition coefficient (Wildman–Crippen LogP) is 1.91. The zero-order valence-electron chi connectivity index (χ0n) is 14.6. The Balaban J connectivity index is 2.14. The van der Waals surface area contributed by atoms with E-state index in [9.17, 15) is 8.42 Å². The number of aryl methyl sites for hydroxylation is 2. The van der Waals surface area contributed by atoms with Gasteiger partial charge in [0.25, 0.3) is 0 Å². The second kappa shape index (κ2) is 7.23. The Hall–Kier alpha value is -2.06. The highest BCUT2D eigenvalue weighted by Crippen LogP contribution is 2.28. The average molecular weight is 353 g/mol. The molecule has 0 bridgehead atoms. The molecule has 0 spiro atoms. The summed E-state index contributed by atoms with van der Waals surface area (Å²) in [6.45, 7) is 3.73. The van der Waals surface area contributed by atoms with Crippen molar-refractivity contribution in [3.63, 3.8) is 0 Å². The van der Waals surface area contributed by atoms with E-state index in [2.05, 4.69) is 10.2 Å². The summed E-state index contributed by atoms with van der Waals surface area (Å²) in [4.78, 5) is 0.248. The zero-order valence-corrected chi connectivity index (χ0v) is 15.4. The van der Waals surface area contributed by atoms with Crippen LogP contribution >= 0.6 is 0 Å². The molecule has 0 atom stereocenters. The fourth-order valence-electron chi connectivity index (χ4n) is 2.52. The van der Waals surface area contributed by atoms with E-state index in [1.165, 1.54) is 4.31 Å². The predicted molar refractivity (Wildman–Crippen MR) is 91.1 cm³/mol. The third-order valence-corrected chi connectivity index (χ3v) is 6.01. The van der Waals surface area contributed by atoms with E-state index < -0.39 is 10.0 Å². The summed E-state index contributed by atoms with van der Waals surface area (Å²) in [5.74, 6) is 1.27. The van der Waals surface area contributed by atoms with Crippen LogP contribution in [-0.2, 0) is 16.4 Å². The van der Waals surface area contributed by atoms with Gasteiger partial charge < -0.3 is 9.47 Å². The molecule has 0 aliphatic heterocycles. The lowest BCUT2D eigenvalue weighted by molar-refractivity contribution is 0.354. The molecule has 7 nitrogen and oxygen atoms in total. The van der Waals surface area contributed by atoms with Crippen molar-refractivity contribution in [2.75, 3.05) is 27.8 Å². The summed E-state index contributed by atoms with van der Waals surface area (Å²) in [6.07, 6.45) is 0.562. The molecule has 0 saturated carbocycles. The van der Waals surface area contributed by atoms with Crippen LogP contribution in [0.25, 0.3) is 0 Å². The van der Waals surface area contributed by atoms with Gasteiger partial charge in [-0.05, 0) is 38.0 Å². The Bertz CT molecular complexity index is 795. The van der Waals surface area contributed by atoms with Crippen molar-refractivity contribution in [2.45, 2.75) is 25.2 Å². The Morgan fingerprint density at radius 2 is 1.83 bits per heavy atom. The molecule has 1 heterocycles. The van der Waals surface area contributed by atoms with Gasteiger partial charge in [-0.3, -0.25) is 5.10 Å². The number of hydrogen-bond donors (Lipinski definition) is 1. The van der Waals surface area contributed by atoms with Gasteiger partial charge in [0.15, 0.2) is 11.5 Å². The number of sulfonamides is 1. The van der Waals surface area contributed by atoms with Gasteiger partial charge in [-0.25, -0.2) is 12.7 Å². The van der Waals surface area contributed by atoms with Crippen molar-refractivity contribution in [1.82, 2.24) is 14.5 Å². The van der Waals surface area contributed by atoms with E-state index in [1.807, 2.05) is 18.2 Å². The molecular weight excluding hydrogens is 330 g/mol. The van der Waals surface area contributed by atoms with E-state index >= 15 is 0 Å². The van der Waals surface area contributed by atoms with Gasteiger partial charge in [0.05, 0.1) is 25.6 Å². The lowest BCUT2D eigenvalue weighted by atomic mass is 10.1. The molecule has 1 N–H and O–H groups in total. The summed E-state index contributed by atoms with van der Waals surface area (Å²) < 4.78 is 37.2. The first-order chi connectivity index (χ1) is 11.3. The molecule has 8 heteroatoms. The highest BCUT2D eigenvalue weighted by Gasteiger charge is 2.26. The molecule has 0 saturated heterocycles. The number of ether oxygens (including phenoxy) is 2. The van der Waals surface area contributed by atoms with Crippen LogP contribution in [0.3, 0.4) is 0 Å². The van der Waals surface area contributed by atoms with Gasteiger partial charge in [0.2, 0.25) is 10.0 Å². The number of methoxy groups -OCH3 is 2. The van der Waals surface area contributed by atoms with Crippen LogP contribution in [0.1, 0.15) is 17.0 Å². The van der Waals surface area contributed by atoms with Gasteiger partial charge in [-0.1, -0.05) is 6.07 Å². The Labute approximate surface area is 142 Å². The van der Waals surface area contributed by atoms with Crippen molar-refractivity contribution in [3.05, 3.63) is 35.2 Å². The second-order valence-corrected chi connectivity index (χ2v) is 7.51. The van der Waals surface area contributed by atoms with Gasteiger partial charge in [0.1, 0.15) is 4.90 Å². The number of benzene rings is 1. The van der Waals surface area contributed by atoms with E-state index in [4.69, 9.17) is 9.47 Å². The monoisotopic (exact) mass is 353 g/mol. The molecule has 24 heavy (non-hydrogen) atoms. The molecule has 1 aromatic heterocycles. The topological polar surface area (TPSA) is 84.5 Å². The van der Waals surface area contributed by atoms with Gasteiger partial charge in [-0.15, -0.1) is 0 Å². The smallest absolute Gasteiger partial charge is 0.246 e. The summed E-state index contributed by atoms with van der Waals surface area (Å²) in [5, 5.41) is 6.68. The van der Waals surface area contributed by atoms with Crippen molar-refractivity contribution < 1.29 is 17.9 Å². The van der Waals surface area contributed by atoms with Gasteiger partial charge >= 0.3 is 0 Å². The standard InChI is InChI=1S/C16H23N3O4S/c1-11-16(12(2)18-17-11)24(20,21)19(3)9-8-13-6-7-14(22-4)15(10-13)23-5/h6-7,10H,8-9H2,1-5H3,(H,17,18). The first-order valence-electron chi connectivity index (χ1n) is 7.50. The number of aromatic nitrogens is 2. The Kier molecular flexibility index (Phi) is 5.51. The molecule has 1 aromatic carbocycles. The lowest BCUT2D eigenvalue weighted by Crippen LogP contribution is -2.29. The summed E-state index contributed by atoms with van der Waals surface area (Å²) >= 11 is 0. The van der Waals surface area contributed by atoms with Crippen LogP contribution in [0.4, 0.5) is 0 Å². The van der Waals surface area contributed by atoms with Gasteiger partial charge in [0, 0.05) is 13.6 Å². The molecule has 2 aromatic rings. The molecule has 0 amide bonds. The number of aromatic amines is 1. The fraction of sp³-hybridized carbons (Fsp3) is 0.438. The third kappa shape index (κ3) is 3.54. The number of H-pyrrole nitrogens is 1. The molecule has 2 rings (SSSR count). The highest BCUT2D eigenvalue weighted by molar-refractivity contribution is 7.89. The maximum atomic E-state index is 12.7. The van der Waals surface area contributed by atoms with Crippen LogP contribution in [0, 0.1) is 13.8 Å².